The maximum atomic E-state index is 2.45. The van der Waals surface area contributed by atoms with E-state index in [4.69, 9.17) is 0 Å². The lowest BCUT2D eigenvalue weighted by Gasteiger charge is -2.33. The highest BCUT2D eigenvalue weighted by molar-refractivity contribution is 8.00. The van der Waals surface area contributed by atoms with E-state index in [1.54, 1.807) is 0 Å². The van der Waals surface area contributed by atoms with Crippen molar-refractivity contribution in [1.29, 1.82) is 0 Å². The number of thioether (sulfide) groups is 1. The number of benzene rings is 1. The Bertz CT molecular complexity index is 303. The van der Waals surface area contributed by atoms with Crippen LogP contribution in [0.1, 0.15) is 13.8 Å². The number of para-hydroxylation sites is 1. The molecule has 0 bridgehead atoms. The fourth-order valence-electron chi connectivity index (χ4n) is 1.78. The third-order valence-electron chi connectivity index (χ3n) is 2.39. The summed E-state index contributed by atoms with van der Waals surface area (Å²) in [5, 5.41) is 0.717. The lowest BCUT2D eigenvalue weighted by molar-refractivity contribution is 0.781. The van der Waals surface area contributed by atoms with Crippen LogP contribution in [0.5, 0.6) is 0 Å². The topological polar surface area (TPSA) is 3.24 Å². The van der Waals surface area contributed by atoms with Crippen LogP contribution in [0.15, 0.2) is 29.2 Å². The largest absolute Gasteiger partial charge is 0.370 e. The molecule has 3 heteroatoms. The van der Waals surface area contributed by atoms with Gasteiger partial charge in [0.15, 0.2) is 0 Å². The van der Waals surface area contributed by atoms with E-state index in [2.05, 4.69) is 43.0 Å². The first-order valence-corrected chi connectivity index (χ1v) is 5.70. The first-order chi connectivity index (χ1) is 6.31. The van der Waals surface area contributed by atoms with E-state index >= 15 is 0 Å². The molecule has 1 heterocycles. The van der Waals surface area contributed by atoms with Gasteiger partial charge in [0.1, 0.15) is 0 Å². The van der Waals surface area contributed by atoms with Gasteiger partial charge in [-0.3, -0.25) is 0 Å². The van der Waals surface area contributed by atoms with E-state index in [1.807, 2.05) is 11.8 Å². The fraction of sp³-hybridized carbons (Fsp3) is 0.455. The molecule has 0 aromatic heterocycles. The monoisotopic (exact) mass is 229 g/mol. The fourth-order valence-corrected chi connectivity index (χ4v) is 2.94. The molecule has 14 heavy (non-hydrogen) atoms. The lowest BCUT2D eigenvalue weighted by Crippen LogP contribution is -2.32. The SMILES string of the molecule is CCN1CC(C)Sc2ccccc21.Cl. The van der Waals surface area contributed by atoms with Gasteiger partial charge in [0, 0.05) is 23.2 Å². The number of halogens is 1. The van der Waals surface area contributed by atoms with Gasteiger partial charge in [-0.05, 0) is 19.1 Å². The highest BCUT2D eigenvalue weighted by Gasteiger charge is 2.19. The molecule has 1 aliphatic heterocycles. The van der Waals surface area contributed by atoms with Gasteiger partial charge in [-0.25, -0.2) is 0 Å². The first kappa shape index (κ1) is 11.7. The van der Waals surface area contributed by atoms with Gasteiger partial charge in [-0.1, -0.05) is 19.1 Å². The lowest BCUT2D eigenvalue weighted by atomic mass is 10.2. The molecule has 0 amide bonds. The number of anilines is 1. The minimum Gasteiger partial charge on any atom is -0.370 e. The van der Waals surface area contributed by atoms with E-state index in [0.29, 0.717) is 0 Å². The Labute approximate surface area is 96.3 Å². The van der Waals surface area contributed by atoms with E-state index in [-0.39, 0.29) is 12.4 Å². The standard InChI is InChI=1S/C11H15NS.ClH/c1-3-12-8-9(2)13-11-7-5-4-6-10(11)12;/h4-7,9H,3,8H2,1-2H3;1H. The molecule has 0 aliphatic carbocycles. The average Bonchev–Trinajstić information content (AvgIpc) is 2.16. The zero-order valence-electron chi connectivity index (χ0n) is 8.56. The van der Waals surface area contributed by atoms with Crippen LogP contribution in [0.25, 0.3) is 0 Å². The van der Waals surface area contributed by atoms with Crippen LogP contribution in [0.2, 0.25) is 0 Å². The molecule has 1 aromatic carbocycles. The molecule has 0 saturated heterocycles. The number of fused-ring (bicyclic) bond motifs is 1. The number of nitrogens with zero attached hydrogens (tertiary/aromatic N) is 1. The molecule has 0 radical (unpaired) electrons. The summed E-state index contributed by atoms with van der Waals surface area (Å²) < 4.78 is 0. The molecule has 0 saturated carbocycles. The summed E-state index contributed by atoms with van der Waals surface area (Å²) in [7, 11) is 0. The Hall–Kier alpha value is -0.340. The maximum Gasteiger partial charge on any atom is 0.0504 e. The third-order valence-corrected chi connectivity index (χ3v) is 3.54. The van der Waals surface area contributed by atoms with Crippen molar-refractivity contribution in [1.82, 2.24) is 0 Å². The van der Waals surface area contributed by atoms with Crippen molar-refractivity contribution >= 4 is 29.9 Å². The second-order valence-electron chi connectivity index (χ2n) is 3.43. The van der Waals surface area contributed by atoms with Gasteiger partial charge in [0.25, 0.3) is 0 Å². The Balaban J connectivity index is 0.000000980. The molecular formula is C11H16ClNS. The van der Waals surface area contributed by atoms with E-state index in [1.165, 1.54) is 17.1 Å². The van der Waals surface area contributed by atoms with Crippen molar-refractivity contribution < 1.29 is 0 Å². The van der Waals surface area contributed by atoms with Crippen LogP contribution < -0.4 is 4.90 Å². The minimum atomic E-state index is 0. The summed E-state index contributed by atoms with van der Waals surface area (Å²) in [4.78, 5) is 3.89. The normalized spacial score (nSPS) is 19.9. The van der Waals surface area contributed by atoms with E-state index in [9.17, 15) is 0 Å². The molecule has 1 nitrogen and oxygen atoms in total. The highest BCUT2D eigenvalue weighted by Crippen LogP contribution is 2.37. The Kier molecular flexibility index (Phi) is 4.14. The second-order valence-corrected chi connectivity index (χ2v) is 4.92. The average molecular weight is 230 g/mol. The number of hydrogen-bond donors (Lipinski definition) is 0. The van der Waals surface area contributed by atoms with Crippen LogP contribution >= 0.6 is 24.2 Å². The van der Waals surface area contributed by atoms with Crippen LogP contribution in [0, 0.1) is 0 Å². The van der Waals surface area contributed by atoms with Gasteiger partial charge >= 0.3 is 0 Å². The molecular weight excluding hydrogens is 214 g/mol. The first-order valence-electron chi connectivity index (χ1n) is 4.82. The van der Waals surface area contributed by atoms with Crippen molar-refractivity contribution in [2.45, 2.75) is 24.0 Å². The van der Waals surface area contributed by atoms with Crippen molar-refractivity contribution in [3.05, 3.63) is 24.3 Å². The quantitative estimate of drug-likeness (QED) is 0.726. The van der Waals surface area contributed by atoms with Crippen molar-refractivity contribution in [3.8, 4) is 0 Å². The Morgan fingerprint density at radius 3 is 2.86 bits per heavy atom. The van der Waals surface area contributed by atoms with Crippen LogP contribution in [-0.4, -0.2) is 18.3 Å². The predicted octanol–water partition coefficient (Wildman–Crippen LogP) is 3.43. The van der Waals surface area contributed by atoms with Crippen molar-refractivity contribution in [2.75, 3.05) is 18.0 Å². The molecule has 1 aromatic rings. The van der Waals surface area contributed by atoms with Gasteiger partial charge in [-0.15, -0.1) is 24.2 Å². The Morgan fingerprint density at radius 2 is 2.14 bits per heavy atom. The molecule has 78 valence electrons. The summed E-state index contributed by atoms with van der Waals surface area (Å²) in [5.74, 6) is 0. The Morgan fingerprint density at radius 1 is 1.43 bits per heavy atom. The third kappa shape index (κ3) is 2.18. The van der Waals surface area contributed by atoms with E-state index in [0.717, 1.165) is 11.8 Å². The summed E-state index contributed by atoms with van der Waals surface area (Å²) in [5.41, 5.74) is 1.41. The van der Waals surface area contributed by atoms with Crippen molar-refractivity contribution in [3.63, 3.8) is 0 Å². The second kappa shape index (κ2) is 4.94. The maximum absolute atomic E-state index is 2.45. The molecule has 2 rings (SSSR count). The molecule has 0 N–H and O–H groups in total. The molecule has 1 unspecified atom stereocenters. The highest BCUT2D eigenvalue weighted by atomic mass is 35.5. The smallest absolute Gasteiger partial charge is 0.0504 e. The minimum absolute atomic E-state index is 0. The molecule has 0 spiro atoms. The van der Waals surface area contributed by atoms with Gasteiger partial charge in [0.05, 0.1) is 5.69 Å². The summed E-state index contributed by atoms with van der Waals surface area (Å²) in [6.45, 7) is 6.81. The zero-order valence-corrected chi connectivity index (χ0v) is 10.2. The van der Waals surface area contributed by atoms with Crippen molar-refractivity contribution in [2.24, 2.45) is 0 Å². The summed E-state index contributed by atoms with van der Waals surface area (Å²) in [6, 6.07) is 8.69. The zero-order chi connectivity index (χ0) is 9.26. The summed E-state index contributed by atoms with van der Waals surface area (Å²) in [6.07, 6.45) is 0. The van der Waals surface area contributed by atoms with E-state index < -0.39 is 0 Å². The predicted molar refractivity (Wildman–Crippen MR) is 66.9 cm³/mol. The van der Waals surface area contributed by atoms with Gasteiger partial charge < -0.3 is 4.90 Å². The molecule has 0 fully saturated rings. The number of hydrogen-bond acceptors (Lipinski definition) is 2. The van der Waals surface area contributed by atoms with Crippen LogP contribution in [-0.2, 0) is 0 Å². The van der Waals surface area contributed by atoms with Gasteiger partial charge in [-0.2, -0.15) is 0 Å². The molecule has 1 aliphatic rings. The molecule has 1 atom stereocenters. The van der Waals surface area contributed by atoms with Gasteiger partial charge in [0.2, 0.25) is 0 Å². The number of rotatable bonds is 1. The van der Waals surface area contributed by atoms with Crippen LogP contribution in [0.4, 0.5) is 5.69 Å². The summed E-state index contributed by atoms with van der Waals surface area (Å²) >= 11 is 1.99. The van der Waals surface area contributed by atoms with Crippen LogP contribution in [0.3, 0.4) is 0 Å².